The monoisotopic (exact) mass is 348 g/mol. The molecule has 1 aliphatic heterocycles. The zero-order valence-corrected chi connectivity index (χ0v) is 14.8. The van der Waals surface area contributed by atoms with Crippen LogP contribution in [-0.4, -0.2) is 33.7 Å². The first-order chi connectivity index (χ1) is 12.7. The second-order valence-corrected chi connectivity index (χ2v) is 6.94. The number of hydrogen-bond acceptors (Lipinski definition) is 3. The van der Waals surface area contributed by atoms with Gasteiger partial charge in [0, 0.05) is 31.2 Å². The minimum atomic E-state index is 0.142. The fourth-order valence-corrected chi connectivity index (χ4v) is 3.89. The number of fused-ring (bicyclic) bond motifs is 1. The van der Waals surface area contributed by atoms with Crippen molar-refractivity contribution >= 4 is 16.8 Å². The Kier molecular flexibility index (Phi) is 4.71. The number of nitrogens with zero attached hydrogens (tertiary/aromatic N) is 3. The maximum Gasteiger partial charge on any atom is 0.244 e. The van der Waals surface area contributed by atoms with Crippen LogP contribution in [0.3, 0.4) is 0 Å². The average Bonchev–Trinajstić information content (AvgIpc) is 3.10. The van der Waals surface area contributed by atoms with Crippen molar-refractivity contribution in [2.45, 2.75) is 31.8 Å². The molecule has 0 aliphatic carbocycles. The molecular formula is C21H24N4O. The first kappa shape index (κ1) is 16.8. The van der Waals surface area contributed by atoms with E-state index in [1.54, 1.807) is 4.68 Å². The van der Waals surface area contributed by atoms with E-state index in [9.17, 15) is 4.79 Å². The molecule has 0 unspecified atom stereocenters. The Morgan fingerprint density at radius 3 is 2.58 bits per heavy atom. The van der Waals surface area contributed by atoms with Crippen molar-refractivity contribution in [2.24, 2.45) is 5.73 Å². The second-order valence-electron chi connectivity index (χ2n) is 6.94. The van der Waals surface area contributed by atoms with Crippen LogP contribution in [0.15, 0.2) is 54.7 Å². The van der Waals surface area contributed by atoms with Crippen LogP contribution in [0, 0.1) is 0 Å². The summed E-state index contributed by atoms with van der Waals surface area (Å²) in [6.07, 6.45) is 3.92. The Hall–Kier alpha value is -2.66. The zero-order valence-electron chi connectivity index (χ0n) is 14.8. The molecule has 5 nitrogen and oxygen atoms in total. The highest BCUT2D eigenvalue weighted by Gasteiger charge is 2.25. The topological polar surface area (TPSA) is 64.2 Å². The first-order valence-electron chi connectivity index (χ1n) is 9.22. The predicted molar refractivity (Wildman–Crippen MR) is 103 cm³/mol. The largest absolute Gasteiger partial charge is 0.341 e. The highest BCUT2D eigenvalue weighted by atomic mass is 16.2. The second kappa shape index (κ2) is 7.30. The standard InChI is InChI=1S/C21H24N4O/c22-13-17-5-1-3-7-19(17)16-9-11-24(12-10-16)21(26)15-25-14-18-6-2-4-8-20(18)23-25/h1-8,14,16H,9-13,15,22H2. The van der Waals surface area contributed by atoms with Gasteiger partial charge in [-0.15, -0.1) is 0 Å². The van der Waals surface area contributed by atoms with E-state index in [1.165, 1.54) is 11.1 Å². The van der Waals surface area contributed by atoms with Crippen LogP contribution in [0.4, 0.5) is 0 Å². The van der Waals surface area contributed by atoms with Crippen LogP contribution >= 0.6 is 0 Å². The summed E-state index contributed by atoms with van der Waals surface area (Å²) >= 11 is 0. The van der Waals surface area contributed by atoms with Gasteiger partial charge in [0.15, 0.2) is 0 Å². The van der Waals surface area contributed by atoms with Crippen molar-refractivity contribution in [2.75, 3.05) is 13.1 Å². The lowest BCUT2D eigenvalue weighted by molar-refractivity contribution is -0.133. The molecule has 2 aromatic carbocycles. The van der Waals surface area contributed by atoms with Gasteiger partial charge in [-0.2, -0.15) is 5.10 Å². The third-order valence-electron chi connectivity index (χ3n) is 5.32. The third kappa shape index (κ3) is 3.35. The Morgan fingerprint density at radius 1 is 1.08 bits per heavy atom. The van der Waals surface area contributed by atoms with E-state index < -0.39 is 0 Å². The van der Waals surface area contributed by atoms with E-state index in [2.05, 4.69) is 23.3 Å². The number of hydrogen-bond donors (Lipinski definition) is 1. The Balaban J connectivity index is 1.39. The fraction of sp³-hybridized carbons (Fsp3) is 0.333. The molecule has 0 saturated carbocycles. The molecule has 1 amide bonds. The van der Waals surface area contributed by atoms with Gasteiger partial charge in [-0.05, 0) is 36.0 Å². The van der Waals surface area contributed by atoms with E-state index in [0.29, 0.717) is 19.0 Å². The summed E-state index contributed by atoms with van der Waals surface area (Å²) in [6, 6.07) is 16.3. The number of nitrogens with two attached hydrogens (primary N) is 1. The van der Waals surface area contributed by atoms with Crippen molar-refractivity contribution < 1.29 is 4.79 Å². The van der Waals surface area contributed by atoms with Gasteiger partial charge in [0.05, 0.1) is 5.52 Å². The van der Waals surface area contributed by atoms with Crippen LogP contribution in [0.2, 0.25) is 0 Å². The number of carbonyl (C=O) groups is 1. The smallest absolute Gasteiger partial charge is 0.244 e. The van der Waals surface area contributed by atoms with Crippen LogP contribution in [0.25, 0.3) is 10.9 Å². The van der Waals surface area contributed by atoms with Crippen molar-refractivity contribution in [3.05, 3.63) is 65.9 Å². The number of aromatic nitrogens is 2. The Bertz CT molecular complexity index is 876. The molecule has 1 aromatic heterocycles. The molecule has 0 spiro atoms. The van der Waals surface area contributed by atoms with E-state index >= 15 is 0 Å². The number of likely N-dealkylation sites (tertiary alicyclic amines) is 1. The lowest BCUT2D eigenvalue weighted by atomic mass is 9.86. The molecule has 1 saturated heterocycles. The van der Waals surface area contributed by atoms with Crippen molar-refractivity contribution in [3.8, 4) is 0 Å². The lowest BCUT2D eigenvalue weighted by Crippen LogP contribution is -2.40. The van der Waals surface area contributed by atoms with Gasteiger partial charge in [-0.25, -0.2) is 0 Å². The summed E-state index contributed by atoms with van der Waals surface area (Å²) in [4.78, 5) is 14.6. The molecule has 0 bridgehead atoms. The van der Waals surface area contributed by atoms with Gasteiger partial charge >= 0.3 is 0 Å². The highest BCUT2D eigenvalue weighted by Crippen LogP contribution is 2.30. The summed E-state index contributed by atoms with van der Waals surface area (Å²) in [6.45, 7) is 2.47. The maximum atomic E-state index is 12.7. The summed E-state index contributed by atoms with van der Waals surface area (Å²) in [5.74, 6) is 0.634. The number of amides is 1. The van der Waals surface area contributed by atoms with Crippen LogP contribution < -0.4 is 5.73 Å². The average molecular weight is 348 g/mol. The van der Waals surface area contributed by atoms with Crippen LogP contribution in [0.5, 0.6) is 0 Å². The SMILES string of the molecule is NCc1ccccc1C1CCN(C(=O)Cn2cc3ccccc3n2)CC1. The molecule has 0 radical (unpaired) electrons. The molecule has 4 rings (SSSR count). The lowest BCUT2D eigenvalue weighted by Gasteiger charge is -2.33. The summed E-state index contributed by atoms with van der Waals surface area (Å²) in [5, 5.41) is 5.56. The van der Waals surface area contributed by atoms with Crippen molar-refractivity contribution in [1.82, 2.24) is 14.7 Å². The predicted octanol–water partition coefficient (Wildman–Crippen LogP) is 2.90. The van der Waals surface area contributed by atoms with E-state index in [0.717, 1.165) is 36.8 Å². The number of rotatable bonds is 4. The van der Waals surface area contributed by atoms with Gasteiger partial charge in [0.1, 0.15) is 6.54 Å². The normalized spacial score (nSPS) is 15.5. The van der Waals surface area contributed by atoms with Gasteiger partial charge in [-0.3, -0.25) is 9.48 Å². The Labute approximate surface area is 153 Å². The Morgan fingerprint density at radius 2 is 1.81 bits per heavy atom. The molecule has 26 heavy (non-hydrogen) atoms. The zero-order chi connectivity index (χ0) is 17.9. The van der Waals surface area contributed by atoms with Gasteiger partial charge < -0.3 is 10.6 Å². The summed E-state index contributed by atoms with van der Waals surface area (Å²) < 4.78 is 1.75. The third-order valence-corrected chi connectivity index (χ3v) is 5.32. The molecule has 2 heterocycles. The maximum absolute atomic E-state index is 12.7. The molecule has 5 heteroatoms. The van der Waals surface area contributed by atoms with E-state index in [4.69, 9.17) is 5.73 Å². The minimum absolute atomic E-state index is 0.142. The molecule has 2 N–H and O–H groups in total. The van der Waals surface area contributed by atoms with E-state index in [1.807, 2.05) is 41.4 Å². The quantitative estimate of drug-likeness (QED) is 0.788. The van der Waals surface area contributed by atoms with Gasteiger partial charge in [0.2, 0.25) is 5.91 Å². The van der Waals surface area contributed by atoms with Crippen LogP contribution in [0.1, 0.15) is 29.9 Å². The number of piperidine rings is 1. The first-order valence-corrected chi connectivity index (χ1v) is 9.22. The molecule has 1 fully saturated rings. The van der Waals surface area contributed by atoms with Gasteiger partial charge in [-0.1, -0.05) is 42.5 Å². The molecule has 0 atom stereocenters. The summed E-state index contributed by atoms with van der Waals surface area (Å²) in [7, 11) is 0. The summed E-state index contributed by atoms with van der Waals surface area (Å²) in [5.41, 5.74) is 9.37. The molecular weight excluding hydrogens is 324 g/mol. The van der Waals surface area contributed by atoms with Crippen molar-refractivity contribution in [1.29, 1.82) is 0 Å². The minimum Gasteiger partial charge on any atom is -0.341 e. The molecule has 134 valence electrons. The van der Waals surface area contributed by atoms with Gasteiger partial charge in [0.25, 0.3) is 0 Å². The van der Waals surface area contributed by atoms with Crippen LogP contribution in [-0.2, 0) is 17.9 Å². The highest BCUT2D eigenvalue weighted by molar-refractivity contribution is 5.80. The van der Waals surface area contributed by atoms with Crippen molar-refractivity contribution in [3.63, 3.8) is 0 Å². The number of carbonyl (C=O) groups excluding carboxylic acids is 1. The molecule has 3 aromatic rings. The van der Waals surface area contributed by atoms with E-state index in [-0.39, 0.29) is 5.91 Å². The molecule has 1 aliphatic rings. The fourth-order valence-electron chi connectivity index (χ4n) is 3.89. The number of benzene rings is 2.